The molecule has 1 unspecified atom stereocenters. The van der Waals surface area contributed by atoms with E-state index in [4.69, 9.17) is 4.74 Å². The van der Waals surface area contributed by atoms with Gasteiger partial charge in [-0.3, -0.25) is 9.89 Å². The lowest BCUT2D eigenvalue weighted by Gasteiger charge is -2.18. The number of aromatic nitrogens is 2. The van der Waals surface area contributed by atoms with Gasteiger partial charge in [0.25, 0.3) is 5.92 Å². The molecule has 0 bridgehead atoms. The molecule has 1 aliphatic carbocycles. The highest BCUT2D eigenvalue weighted by molar-refractivity contribution is 5.90. The van der Waals surface area contributed by atoms with E-state index in [1.807, 2.05) is 0 Å². The number of rotatable bonds is 3. The first-order valence-corrected chi connectivity index (χ1v) is 6.88. The number of fused-ring (bicyclic) bond motifs is 1. The van der Waals surface area contributed by atoms with Crippen LogP contribution < -0.4 is 5.32 Å². The Hall–Kier alpha value is -1.50. The number of alkyl halides is 2. The molecule has 7 heteroatoms. The van der Waals surface area contributed by atoms with Crippen LogP contribution in [0.5, 0.6) is 0 Å². The molecule has 0 aromatic carbocycles. The molecule has 2 aliphatic rings. The van der Waals surface area contributed by atoms with Gasteiger partial charge in [-0.05, 0) is 12.8 Å². The van der Waals surface area contributed by atoms with Crippen molar-refractivity contribution in [1.29, 1.82) is 0 Å². The van der Waals surface area contributed by atoms with E-state index in [0.717, 1.165) is 17.7 Å². The number of H-pyrrole nitrogens is 1. The predicted molar refractivity (Wildman–Crippen MR) is 67.5 cm³/mol. The fraction of sp³-hybridized carbons (Fsp3) is 0.692. The zero-order valence-electron chi connectivity index (χ0n) is 11.0. The van der Waals surface area contributed by atoms with E-state index in [1.54, 1.807) is 0 Å². The molecule has 0 radical (unpaired) electrons. The first-order chi connectivity index (χ1) is 9.56. The highest BCUT2D eigenvalue weighted by Crippen LogP contribution is 2.42. The highest BCUT2D eigenvalue weighted by Gasteiger charge is 2.44. The molecule has 1 atom stereocenters. The minimum Gasteiger partial charge on any atom is -0.376 e. The normalized spacial score (nSPS) is 24.4. The Morgan fingerprint density at radius 1 is 1.55 bits per heavy atom. The smallest absolute Gasteiger partial charge is 0.251 e. The van der Waals surface area contributed by atoms with E-state index in [0.29, 0.717) is 31.9 Å². The monoisotopic (exact) mass is 285 g/mol. The van der Waals surface area contributed by atoms with Gasteiger partial charge in [0.05, 0.1) is 13.2 Å². The number of carbonyl (C=O) groups excluding carboxylic acids is 1. The maximum Gasteiger partial charge on any atom is 0.251 e. The maximum atomic E-state index is 13.5. The van der Waals surface area contributed by atoms with Crippen LogP contribution in [0, 0.1) is 5.92 Å². The molecule has 0 saturated heterocycles. The summed E-state index contributed by atoms with van der Waals surface area (Å²) < 4.78 is 32.3. The third-order valence-electron chi connectivity index (χ3n) is 4.05. The lowest BCUT2D eigenvalue weighted by molar-refractivity contribution is -0.120. The van der Waals surface area contributed by atoms with Gasteiger partial charge in [0, 0.05) is 36.4 Å². The Bertz CT molecular complexity index is 516. The molecule has 5 nitrogen and oxygen atoms in total. The second kappa shape index (κ2) is 5.12. The Kier molecular flexibility index (Phi) is 3.45. The van der Waals surface area contributed by atoms with Crippen molar-refractivity contribution in [3.05, 3.63) is 11.3 Å². The number of hydrogen-bond acceptors (Lipinski definition) is 3. The summed E-state index contributed by atoms with van der Waals surface area (Å²) in [7, 11) is 0. The fourth-order valence-electron chi connectivity index (χ4n) is 2.87. The molecule has 0 spiro atoms. The molecular formula is C13H17F2N3O2. The first-order valence-electron chi connectivity index (χ1n) is 6.88. The van der Waals surface area contributed by atoms with Gasteiger partial charge in [-0.1, -0.05) is 0 Å². The van der Waals surface area contributed by atoms with Crippen molar-refractivity contribution >= 4 is 11.7 Å². The molecule has 3 rings (SSSR count). The van der Waals surface area contributed by atoms with Crippen molar-refractivity contribution in [3.63, 3.8) is 0 Å². The average Bonchev–Trinajstić information content (AvgIpc) is 2.95. The third-order valence-corrected chi connectivity index (χ3v) is 4.05. The number of carbonyl (C=O) groups is 1. The Morgan fingerprint density at radius 2 is 2.40 bits per heavy atom. The van der Waals surface area contributed by atoms with E-state index in [9.17, 15) is 13.6 Å². The van der Waals surface area contributed by atoms with Crippen LogP contribution in [0.2, 0.25) is 0 Å². The topological polar surface area (TPSA) is 67.0 Å². The van der Waals surface area contributed by atoms with Gasteiger partial charge in [0.15, 0.2) is 5.82 Å². The fourth-order valence-corrected chi connectivity index (χ4v) is 2.87. The van der Waals surface area contributed by atoms with Crippen LogP contribution in [0.25, 0.3) is 0 Å². The number of ether oxygens (including phenoxy) is 1. The van der Waals surface area contributed by atoms with Crippen LogP contribution in [0.4, 0.5) is 14.6 Å². The van der Waals surface area contributed by atoms with Gasteiger partial charge in [0.1, 0.15) is 0 Å². The molecule has 1 aromatic heterocycles. The van der Waals surface area contributed by atoms with E-state index in [1.165, 1.54) is 0 Å². The highest BCUT2D eigenvalue weighted by atomic mass is 19.3. The summed E-state index contributed by atoms with van der Waals surface area (Å²) in [6.07, 6.45) is 1.34. The Morgan fingerprint density at radius 3 is 3.15 bits per heavy atom. The quantitative estimate of drug-likeness (QED) is 0.895. The average molecular weight is 285 g/mol. The van der Waals surface area contributed by atoms with Crippen molar-refractivity contribution in [2.24, 2.45) is 5.92 Å². The van der Waals surface area contributed by atoms with Gasteiger partial charge in [-0.15, -0.1) is 0 Å². The number of amides is 1. The second-order valence-corrected chi connectivity index (χ2v) is 5.43. The number of anilines is 1. The molecule has 2 heterocycles. The number of aromatic amines is 1. The Labute approximate surface area is 115 Å². The van der Waals surface area contributed by atoms with Crippen molar-refractivity contribution < 1.29 is 18.3 Å². The minimum absolute atomic E-state index is 0.114. The van der Waals surface area contributed by atoms with E-state index < -0.39 is 17.7 Å². The lowest BCUT2D eigenvalue weighted by atomic mass is 10.0. The number of nitrogens with zero attached hydrogens (tertiary/aromatic N) is 1. The summed E-state index contributed by atoms with van der Waals surface area (Å²) in [4.78, 5) is 11.9. The van der Waals surface area contributed by atoms with Gasteiger partial charge in [0.2, 0.25) is 5.91 Å². The summed E-state index contributed by atoms with van der Waals surface area (Å²) in [6.45, 7) is 1.01. The van der Waals surface area contributed by atoms with Crippen LogP contribution in [0.1, 0.15) is 36.9 Å². The lowest BCUT2D eigenvalue weighted by Crippen LogP contribution is -2.27. The zero-order valence-corrected chi connectivity index (χ0v) is 11.0. The number of nitrogens with one attached hydrogen (secondary N) is 2. The van der Waals surface area contributed by atoms with Crippen LogP contribution in [-0.2, 0) is 22.6 Å². The SMILES string of the molecule is O=C(CC1CCCC1(F)F)Nc1n[nH]c2c1COCC2. The van der Waals surface area contributed by atoms with E-state index in [2.05, 4.69) is 15.5 Å². The summed E-state index contributed by atoms with van der Waals surface area (Å²) in [5.74, 6) is -3.57. The molecule has 110 valence electrons. The first kappa shape index (κ1) is 13.5. The second-order valence-electron chi connectivity index (χ2n) is 5.43. The number of hydrogen-bond donors (Lipinski definition) is 2. The van der Waals surface area contributed by atoms with Gasteiger partial charge >= 0.3 is 0 Å². The largest absolute Gasteiger partial charge is 0.376 e. The van der Waals surface area contributed by atoms with Crippen molar-refractivity contribution in [2.75, 3.05) is 11.9 Å². The van der Waals surface area contributed by atoms with Crippen molar-refractivity contribution in [1.82, 2.24) is 10.2 Å². The van der Waals surface area contributed by atoms with Crippen LogP contribution in [0.3, 0.4) is 0 Å². The molecule has 1 saturated carbocycles. The predicted octanol–water partition coefficient (Wildman–Crippen LogP) is 2.25. The van der Waals surface area contributed by atoms with Gasteiger partial charge < -0.3 is 10.1 Å². The molecule has 2 N–H and O–H groups in total. The van der Waals surface area contributed by atoms with Crippen molar-refractivity contribution in [3.8, 4) is 0 Å². The summed E-state index contributed by atoms with van der Waals surface area (Å²) >= 11 is 0. The summed E-state index contributed by atoms with van der Waals surface area (Å²) in [5, 5.41) is 9.49. The number of halogens is 2. The summed E-state index contributed by atoms with van der Waals surface area (Å²) in [6, 6.07) is 0. The molecule has 1 amide bonds. The van der Waals surface area contributed by atoms with Crippen LogP contribution >= 0.6 is 0 Å². The van der Waals surface area contributed by atoms with E-state index in [-0.39, 0.29) is 12.8 Å². The summed E-state index contributed by atoms with van der Waals surface area (Å²) in [5.41, 5.74) is 1.76. The maximum absolute atomic E-state index is 13.5. The molecular weight excluding hydrogens is 268 g/mol. The standard InChI is InChI=1S/C13H17F2N3O2/c14-13(15)4-1-2-8(13)6-11(19)16-12-9-7-20-5-3-10(9)17-18-12/h8H,1-7H2,(H2,16,17,18,19). The molecule has 1 aliphatic heterocycles. The van der Waals surface area contributed by atoms with Gasteiger partial charge in [-0.25, -0.2) is 8.78 Å². The zero-order chi connectivity index (χ0) is 14.2. The molecule has 20 heavy (non-hydrogen) atoms. The molecule has 1 aromatic rings. The third kappa shape index (κ3) is 2.54. The minimum atomic E-state index is -2.72. The van der Waals surface area contributed by atoms with Crippen LogP contribution in [0.15, 0.2) is 0 Å². The Balaban J connectivity index is 1.63. The van der Waals surface area contributed by atoms with Crippen LogP contribution in [-0.4, -0.2) is 28.6 Å². The van der Waals surface area contributed by atoms with Gasteiger partial charge in [-0.2, -0.15) is 5.10 Å². The van der Waals surface area contributed by atoms with E-state index >= 15 is 0 Å². The molecule has 1 fully saturated rings. The van der Waals surface area contributed by atoms with Crippen molar-refractivity contribution in [2.45, 2.75) is 44.6 Å².